The van der Waals surface area contributed by atoms with Crippen molar-refractivity contribution in [1.82, 2.24) is 9.97 Å². The van der Waals surface area contributed by atoms with Gasteiger partial charge in [-0.1, -0.05) is 18.2 Å². The molecule has 0 radical (unpaired) electrons. The molecular weight excluding hydrogens is 290 g/mol. The van der Waals surface area contributed by atoms with Crippen LogP contribution >= 0.6 is 15.9 Å². The summed E-state index contributed by atoms with van der Waals surface area (Å²) in [5.74, 6) is 0.949. The summed E-state index contributed by atoms with van der Waals surface area (Å²) in [6, 6.07) is 9.00. The number of fused-ring (bicyclic) bond motifs is 1. The number of aryl methyl sites for hydroxylation is 1. The maximum atomic E-state index is 4.42. The maximum absolute atomic E-state index is 4.42. The van der Waals surface area contributed by atoms with Crippen molar-refractivity contribution in [3.8, 4) is 0 Å². The molecule has 0 saturated carbocycles. The van der Waals surface area contributed by atoms with Gasteiger partial charge >= 0.3 is 0 Å². The molecule has 0 fully saturated rings. The van der Waals surface area contributed by atoms with Crippen LogP contribution in [0.25, 0.3) is 0 Å². The van der Waals surface area contributed by atoms with Gasteiger partial charge in [0.2, 0.25) is 0 Å². The van der Waals surface area contributed by atoms with Crippen molar-refractivity contribution in [2.24, 2.45) is 0 Å². The van der Waals surface area contributed by atoms with Crippen LogP contribution in [0.2, 0.25) is 0 Å². The van der Waals surface area contributed by atoms with Gasteiger partial charge in [-0.3, -0.25) is 0 Å². The molecule has 18 heavy (non-hydrogen) atoms. The molecule has 92 valence electrons. The highest BCUT2D eigenvalue weighted by molar-refractivity contribution is 9.10. The van der Waals surface area contributed by atoms with Gasteiger partial charge in [-0.2, -0.15) is 0 Å². The van der Waals surface area contributed by atoms with Gasteiger partial charge in [0.05, 0.1) is 4.47 Å². The van der Waals surface area contributed by atoms with E-state index in [9.17, 15) is 0 Å². The third-order valence-corrected chi connectivity index (χ3v) is 3.96. The molecule has 1 aliphatic heterocycles. The zero-order chi connectivity index (χ0) is 12.5. The smallest absolute Gasteiger partial charge is 0.151 e. The van der Waals surface area contributed by atoms with E-state index in [0.29, 0.717) is 6.04 Å². The number of benzene rings is 1. The Morgan fingerprint density at radius 3 is 3.00 bits per heavy atom. The molecule has 0 bridgehead atoms. The molecule has 0 N–H and O–H groups in total. The van der Waals surface area contributed by atoms with Gasteiger partial charge in [-0.05, 0) is 47.3 Å². The fourth-order valence-electron chi connectivity index (χ4n) is 2.49. The Morgan fingerprint density at radius 1 is 1.33 bits per heavy atom. The van der Waals surface area contributed by atoms with Crippen molar-refractivity contribution in [3.63, 3.8) is 0 Å². The van der Waals surface area contributed by atoms with Gasteiger partial charge in [-0.25, -0.2) is 9.97 Å². The normalized spacial score (nSPS) is 18.6. The summed E-state index contributed by atoms with van der Waals surface area (Å²) < 4.78 is 0.938. The average molecular weight is 304 g/mol. The Balaban J connectivity index is 2.14. The quantitative estimate of drug-likeness (QED) is 0.804. The number of nitrogens with zero attached hydrogens (tertiary/aromatic N) is 3. The van der Waals surface area contributed by atoms with E-state index in [1.54, 1.807) is 12.5 Å². The van der Waals surface area contributed by atoms with Crippen molar-refractivity contribution in [2.45, 2.75) is 25.8 Å². The van der Waals surface area contributed by atoms with Crippen molar-refractivity contribution in [2.75, 3.05) is 4.90 Å². The highest BCUT2D eigenvalue weighted by atomic mass is 79.9. The lowest BCUT2D eigenvalue weighted by Gasteiger charge is -2.36. The monoisotopic (exact) mass is 303 g/mol. The van der Waals surface area contributed by atoms with E-state index < -0.39 is 0 Å². The average Bonchev–Trinajstić information content (AvgIpc) is 2.40. The number of hydrogen-bond acceptors (Lipinski definition) is 3. The van der Waals surface area contributed by atoms with Crippen LogP contribution in [0.1, 0.15) is 18.9 Å². The number of hydrogen-bond donors (Lipinski definition) is 0. The summed E-state index contributed by atoms with van der Waals surface area (Å²) in [4.78, 5) is 10.8. The standard InChI is InChI=1S/C14H14BrN3/c1-10-6-7-11-4-2-3-5-13(11)18(10)14-12(15)8-16-9-17-14/h2-5,8-10H,6-7H2,1H3. The van der Waals surface area contributed by atoms with E-state index in [-0.39, 0.29) is 0 Å². The van der Waals surface area contributed by atoms with Crippen molar-refractivity contribution in [1.29, 1.82) is 0 Å². The predicted molar refractivity (Wildman–Crippen MR) is 76.1 cm³/mol. The fourth-order valence-corrected chi connectivity index (χ4v) is 2.91. The minimum Gasteiger partial charge on any atom is -0.322 e. The molecule has 2 heterocycles. The lowest BCUT2D eigenvalue weighted by atomic mass is 9.97. The Bertz CT molecular complexity index is 570. The molecule has 1 aromatic carbocycles. The molecule has 1 aromatic heterocycles. The third kappa shape index (κ3) is 1.90. The Morgan fingerprint density at radius 2 is 2.17 bits per heavy atom. The molecule has 0 amide bonds. The first-order valence-electron chi connectivity index (χ1n) is 6.10. The first-order chi connectivity index (χ1) is 8.77. The number of rotatable bonds is 1. The summed E-state index contributed by atoms with van der Waals surface area (Å²) in [6.07, 6.45) is 5.68. The van der Waals surface area contributed by atoms with Crippen molar-refractivity contribution in [3.05, 3.63) is 46.8 Å². The fraction of sp³-hybridized carbons (Fsp3) is 0.286. The topological polar surface area (TPSA) is 29.0 Å². The van der Waals surface area contributed by atoms with Gasteiger partial charge in [0.15, 0.2) is 5.82 Å². The van der Waals surface area contributed by atoms with Crippen LogP contribution in [0.3, 0.4) is 0 Å². The number of anilines is 2. The molecule has 3 nitrogen and oxygen atoms in total. The van der Waals surface area contributed by atoms with Crippen LogP contribution in [-0.2, 0) is 6.42 Å². The van der Waals surface area contributed by atoms with Crippen LogP contribution in [0.4, 0.5) is 11.5 Å². The zero-order valence-electron chi connectivity index (χ0n) is 10.2. The van der Waals surface area contributed by atoms with E-state index in [1.165, 1.54) is 11.3 Å². The van der Waals surface area contributed by atoms with E-state index in [1.807, 2.05) is 0 Å². The summed E-state index contributed by atoms with van der Waals surface area (Å²) >= 11 is 3.54. The van der Waals surface area contributed by atoms with Gasteiger partial charge in [0, 0.05) is 17.9 Å². The first kappa shape index (κ1) is 11.7. The number of aromatic nitrogens is 2. The van der Waals surface area contributed by atoms with Gasteiger partial charge < -0.3 is 4.90 Å². The largest absolute Gasteiger partial charge is 0.322 e. The Labute approximate surface area is 115 Å². The van der Waals surface area contributed by atoms with E-state index in [4.69, 9.17) is 0 Å². The maximum Gasteiger partial charge on any atom is 0.151 e. The molecule has 0 aliphatic carbocycles. The molecule has 0 spiro atoms. The van der Waals surface area contributed by atoms with E-state index in [2.05, 4.69) is 62.0 Å². The lowest BCUT2D eigenvalue weighted by Crippen LogP contribution is -2.34. The molecule has 4 heteroatoms. The minimum absolute atomic E-state index is 0.450. The van der Waals surface area contributed by atoms with Gasteiger partial charge in [0.25, 0.3) is 0 Å². The van der Waals surface area contributed by atoms with Crippen LogP contribution in [0.5, 0.6) is 0 Å². The third-order valence-electron chi connectivity index (χ3n) is 3.40. The second-order valence-corrected chi connectivity index (χ2v) is 5.44. The summed E-state index contributed by atoms with van der Waals surface area (Å²) in [5, 5.41) is 0. The molecule has 1 atom stereocenters. The second-order valence-electron chi connectivity index (χ2n) is 4.58. The Kier molecular flexibility index (Phi) is 3.04. The molecule has 1 unspecified atom stereocenters. The molecule has 3 rings (SSSR count). The summed E-state index contributed by atoms with van der Waals surface area (Å²) in [6.45, 7) is 2.24. The predicted octanol–water partition coefficient (Wildman–Crippen LogP) is 3.71. The summed E-state index contributed by atoms with van der Waals surface area (Å²) in [7, 11) is 0. The van der Waals surface area contributed by atoms with E-state index >= 15 is 0 Å². The highest BCUT2D eigenvalue weighted by Gasteiger charge is 2.26. The summed E-state index contributed by atoms with van der Waals surface area (Å²) in [5.41, 5.74) is 2.65. The zero-order valence-corrected chi connectivity index (χ0v) is 11.8. The Hall–Kier alpha value is -1.42. The molecule has 0 saturated heterocycles. The molecule has 1 aliphatic rings. The van der Waals surface area contributed by atoms with Crippen LogP contribution in [0, 0.1) is 0 Å². The van der Waals surface area contributed by atoms with Gasteiger partial charge in [-0.15, -0.1) is 0 Å². The SMILES string of the molecule is CC1CCc2ccccc2N1c1ncncc1Br. The van der Waals surface area contributed by atoms with Crippen LogP contribution in [-0.4, -0.2) is 16.0 Å². The number of para-hydroxylation sites is 1. The lowest BCUT2D eigenvalue weighted by molar-refractivity contribution is 0.612. The van der Waals surface area contributed by atoms with Crippen LogP contribution in [0.15, 0.2) is 41.3 Å². The highest BCUT2D eigenvalue weighted by Crippen LogP contribution is 2.38. The molecule has 2 aromatic rings. The first-order valence-corrected chi connectivity index (χ1v) is 6.89. The van der Waals surface area contributed by atoms with Crippen LogP contribution < -0.4 is 4.90 Å². The van der Waals surface area contributed by atoms with Crippen molar-refractivity contribution >= 4 is 27.4 Å². The van der Waals surface area contributed by atoms with Crippen molar-refractivity contribution < 1.29 is 0 Å². The molecular formula is C14H14BrN3. The second kappa shape index (κ2) is 4.69. The minimum atomic E-state index is 0.450. The number of halogens is 1. The van der Waals surface area contributed by atoms with Gasteiger partial charge in [0.1, 0.15) is 6.33 Å². The van der Waals surface area contributed by atoms with E-state index in [0.717, 1.165) is 23.1 Å².